The van der Waals surface area contributed by atoms with E-state index in [9.17, 15) is 14.4 Å². The molecule has 0 aromatic heterocycles. The van der Waals surface area contributed by atoms with Gasteiger partial charge in [-0.25, -0.2) is 0 Å². The second kappa shape index (κ2) is 14.6. The Morgan fingerprint density at radius 1 is 0.953 bits per heavy atom. The number of anilines is 2. The number of hydrogen-bond acceptors (Lipinski definition) is 4. The van der Waals surface area contributed by atoms with Crippen LogP contribution in [-0.4, -0.2) is 48.4 Å². The average Bonchev–Trinajstić information content (AvgIpc) is 3.01. The Bertz CT molecular complexity index is 1400. The van der Waals surface area contributed by atoms with Gasteiger partial charge in [-0.15, -0.1) is 0 Å². The number of halogens is 1. The normalized spacial score (nSPS) is 16.0. The van der Waals surface area contributed by atoms with E-state index >= 15 is 0 Å². The lowest BCUT2D eigenvalue weighted by Crippen LogP contribution is -2.48. The van der Waals surface area contributed by atoms with Crippen molar-refractivity contribution in [3.63, 3.8) is 0 Å². The molecule has 0 aliphatic carbocycles. The number of rotatable bonds is 11. The lowest BCUT2D eigenvalue weighted by atomic mass is 9.89. The highest BCUT2D eigenvalue weighted by Crippen LogP contribution is 2.43. The van der Waals surface area contributed by atoms with E-state index in [2.05, 4.69) is 0 Å². The molecule has 1 aliphatic heterocycles. The Morgan fingerprint density at radius 3 is 2.23 bits per heavy atom. The maximum Gasteiger partial charge on any atom is 0.258 e. The molecule has 228 valence electrons. The van der Waals surface area contributed by atoms with Gasteiger partial charge < -0.3 is 19.4 Å². The number of carbonyl (C=O) groups is 3. The molecule has 0 spiro atoms. The molecule has 0 saturated heterocycles. The fourth-order valence-electron chi connectivity index (χ4n) is 5.66. The summed E-state index contributed by atoms with van der Waals surface area (Å²) in [4.78, 5) is 45.2. The zero-order valence-electron chi connectivity index (χ0n) is 25.8. The van der Waals surface area contributed by atoms with Crippen molar-refractivity contribution < 1.29 is 19.1 Å². The highest BCUT2D eigenvalue weighted by molar-refractivity contribution is 6.30. The third-order valence-corrected chi connectivity index (χ3v) is 8.20. The van der Waals surface area contributed by atoms with Gasteiger partial charge in [-0.05, 0) is 93.8 Å². The molecule has 0 radical (unpaired) electrons. The van der Waals surface area contributed by atoms with Crippen LogP contribution in [0.15, 0.2) is 72.8 Å². The molecular weight excluding hydrogens is 562 g/mol. The monoisotopic (exact) mass is 603 g/mol. The van der Waals surface area contributed by atoms with Gasteiger partial charge in [0.15, 0.2) is 0 Å². The first-order valence-electron chi connectivity index (χ1n) is 15.2. The molecule has 1 aliphatic rings. The second-order valence-electron chi connectivity index (χ2n) is 11.2. The van der Waals surface area contributed by atoms with Gasteiger partial charge in [0, 0.05) is 53.4 Å². The molecule has 0 unspecified atom stereocenters. The number of para-hydroxylation sites is 1. The van der Waals surface area contributed by atoms with Crippen LogP contribution in [0.4, 0.5) is 11.4 Å². The largest absolute Gasteiger partial charge is 0.494 e. The van der Waals surface area contributed by atoms with Gasteiger partial charge in [0.25, 0.3) is 5.91 Å². The molecule has 43 heavy (non-hydrogen) atoms. The minimum atomic E-state index is -0.240. The topological polar surface area (TPSA) is 70.2 Å². The maximum atomic E-state index is 13.9. The van der Waals surface area contributed by atoms with Crippen LogP contribution in [0, 0.1) is 5.92 Å². The summed E-state index contributed by atoms with van der Waals surface area (Å²) >= 11 is 6.16. The van der Waals surface area contributed by atoms with Gasteiger partial charge in [0.1, 0.15) is 5.75 Å². The molecule has 0 bridgehead atoms. The number of fused-ring (bicyclic) bond motifs is 1. The van der Waals surface area contributed by atoms with Gasteiger partial charge in [0.05, 0.1) is 12.6 Å². The zero-order valence-corrected chi connectivity index (χ0v) is 26.5. The fourth-order valence-corrected chi connectivity index (χ4v) is 5.78. The first-order chi connectivity index (χ1) is 20.7. The lowest BCUT2D eigenvalue weighted by molar-refractivity contribution is -0.131. The molecule has 3 aromatic rings. The summed E-state index contributed by atoms with van der Waals surface area (Å²) < 4.78 is 5.85. The highest BCUT2D eigenvalue weighted by Gasteiger charge is 2.39. The molecule has 0 fully saturated rings. The summed E-state index contributed by atoms with van der Waals surface area (Å²) in [6, 6.07) is 21.9. The maximum absolute atomic E-state index is 13.9. The minimum Gasteiger partial charge on any atom is -0.494 e. The molecule has 4 rings (SSSR count). The highest BCUT2D eigenvalue weighted by atomic mass is 35.5. The summed E-state index contributed by atoms with van der Waals surface area (Å²) in [6.45, 7) is 11.6. The van der Waals surface area contributed by atoms with E-state index in [4.69, 9.17) is 16.3 Å². The SMILES string of the molecule is CCN(CC)C(=O)CCCOc1ccc(C(=O)N2c3ccccc3[C@H](N(C(=O)C(C)C)c3ccc(Cl)cc3)C[C@@H]2C)cc1. The van der Waals surface area contributed by atoms with E-state index in [0.717, 1.165) is 16.9 Å². The van der Waals surface area contributed by atoms with Gasteiger partial charge >= 0.3 is 0 Å². The van der Waals surface area contributed by atoms with Crippen molar-refractivity contribution in [2.75, 3.05) is 29.5 Å². The predicted molar refractivity (Wildman–Crippen MR) is 173 cm³/mol. The van der Waals surface area contributed by atoms with Crippen LogP contribution >= 0.6 is 11.6 Å². The van der Waals surface area contributed by atoms with Crippen molar-refractivity contribution in [2.45, 2.75) is 66.0 Å². The molecule has 1 heterocycles. The van der Waals surface area contributed by atoms with E-state index in [1.807, 2.05) is 85.7 Å². The third kappa shape index (κ3) is 7.39. The Morgan fingerprint density at radius 2 is 1.60 bits per heavy atom. The van der Waals surface area contributed by atoms with Crippen LogP contribution in [0.25, 0.3) is 0 Å². The average molecular weight is 604 g/mol. The Kier molecular flexibility index (Phi) is 10.9. The smallest absolute Gasteiger partial charge is 0.258 e. The number of ether oxygens (including phenoxy) is 1. The molecule has 0 N–H and O–H groups in total. The summed E-state index contributed by atoms with van der Waals surface area (Å²) in [5, 5.41) is 0.608. The summed E-state index contributed by atoms with van der Waals surface area (Å²) in [6.07, 6.45) is 1.66. The number of benzene rings is 3. The van der Waals surface area contributed by atoms with Crippen molar-refractivity contribution in [1.82, 2.24) is 4.90 Å². The van der Waals surface area contributed by atoms with E-state index < -0.39 is 0 Å². The quantitative estimate of drug-likeness (QED) is 0.212. The van der Waals surface area contributed by atoms with Crippen LogP contribution in [0.5, 0.6) is 5.75 Å². The minimum absolute atomic E-state index is 0.0158. The first-order valence-corrected chi connectivity index (χ1v) is 15.6. The standard InChI is InChI=1S/C35H42ClN3O4/c1-6-37(7-2)33(40)13-10-22-43-29-20-14-26(15-21-29)35(42)38-25(5)23-32(30-11-8-9-12-31(30)38)39(34(41)24(3)4)28-18-16-27(36)17-19-28/h8-9,11-12,14-21,24-25,32H,6-7,10,13,22-23H2,1-5H3/t25-,32+/m0/s1. The van der Waals surface area contributed by atoms with E-state index in [-0.39, 0.29) is 35.7 Å². The zero-order chi connectivity index (χ0) is 31.1. The van der Waals surface area contributed by atoms with Gasteiger partial charge in [-0.2, -0.15) is 0 Å². The Balaban J connectivity index is 1.52. The van der Waals surface area contributed by atoms with Crippen molar-refractivity contribution in [3.05, 3.63) is 88.9 Å². The van der Waals surface area contributed by atoms with Crippen LogP contribution in [0.3, 0.4) is 0 Å². The van der Waals surface area contributed by atoms with Gasteiger partial charge in [-0.1, -0.05) is 43.6 Å². The van der Waals surface area contributed by atoms with Crippen LogP contribution in [0.1, 0.15) is 75.8 Å². The Hall–Kier alpha value is -3.84. The van der Waals surface area contributed by atoms with Crippen molar-refractivity contribution in [3.8, 4) is 5.75 Å². The molecule has 3 amide bonds. The Labute approximate surface area is 260 Å². The van der Waals surface area contributed by atoms with E-state index in [0.29, 0.717) is 55.3 Å². The lowest BCUT2D eigenvalue weighted by Gasteiger charge is -2.44. The number of amides is 3. The number of carbonyl (C=O) groups excluding carboxylic acids is 3. The van der Waals surface area contributed by atoms with Crippen molar-refractivity contribution in [2.24, 2.45) is 5.92 Å². The van der Waals surface area contributed by atoms with Crippen molar-refractivity contribution in [1.29, 1.82) is 0 Å². The van der Waals surface area contributed by atoms with E-state index in [1.54, 1.807) is 36.4 Å². The summed E-state index contributed by atoms with van der Waals surface area (Å²) in [5.41, 5.74) is 3.06. The molecule has 2 atom stereocenters. The van der Waals surface area contributed by atoms with Crippen molar-refractivity contribution >= 4 is 40.7 Å². The number of hydrogen-bond donors (Lipinski definition) is 0. The van der Waals surface area contributed by atoms with Gasteiger partial charge in [0.2, 0.25) is 11.8 Å². The molecule has 0 saturated carbocycles. The van der Waals surface area contributed by atoms with Crippen LogP contribution in [-0.2, 0) is 9.59 Å². The third-order valence-electron chi connectivity index (χ3n) is 7.95. The second-order valence-corrected chi connectivity index (χ2v) is 11.7. The predicted octanol–water partition coefficient (Wildman–Crippen LogP) is 7.54. The summed E-state index contributed by atoms with van der Waals surface area (Å²) in [5.74, 6) is 0.494. The number of nitrogens with zero attached hydrogens (tertiary/aromatic N) is 3. The molecule has 8 heteroatoms. The molecule has 7 nitrogen and oxygen atoms in total. The summed E-state index contributed by atoms with van der Waals surface area (Å²) in [7, 11) is 0. The van der Waals surface area contributed by atoms with Gasteiger partial charge in [-0.3, -0.25) is 14.4 Å². The van der Waals surface area contributed by atoms with Crippen LogP contribution in [0.2, 0.25) is 5.02 Å². The molecular formula is C35H42ClN3O4. The fraction of sp³-hybridized carbons (Fsp3) is 0.400. The molecule has 3 aromatic carbocycles. The first kappa shape index (κ1) is 32.1. The van der Waals surface area contributed by atoms with Crippen LogP contribution < -0.4 is 14.5 Å². The van der Waals surface area contributed by atoms with E-state index in [1.165, 1.54) is 0 Å².